The Morgan fingerprint density at radius 2 is 0.656 bits per heavy atom. The van der Waals surface area contributed by atoms with Crippen molar-refractivity contribution in [2.45, 2.75) is 0 Å². The highest BCUT2D eigenvalue weighted by atomic mass is 16.3. The molecule has 0 aliphatic rings. The van der Waals surface area contributed by atoms with Crippen LogP contribution in [0.15, 0.2) is 223 Å². The van der Waals surface area contributed by atoms with E-state index >= 15 is 0 Å². The molecule has 284 valence electrons. The van der Waals surface area contributed by atoms with Crippen molar-refractivity contribution in [1.82, 2.24) is 9.97 Å². The number of hydrogen-bond donors (Lipinski definition) is 0. The molecule has 0 aliphatic heterocycles. The summed E-state index contributed by atoms with van der Waals surface area (Å²) in [6.45, 7) is 0. The Kier molecular flexibility index (Phi) is 8.17. The molecule has 3 heteroatoms. The predicted octanol–water partition coefficient (Wildman–Crippen LogP) is 15.8. The molecule has 0 amide bonds. The molecule has 61 heavy (non-hydrogen) atoms. The fourth-order valence-electron chi connectivity index (χ4n) is 9.03. The van der Waals surface area contributed by atoms with Gasteiger partial charge in [-0.15, -0.1) is 0 Å². The molecule has 0 aliphatic carbocycles. The number of benzene rings is 10. The average molecular weight is 777 g/mol. The molecule has 0 atom stereocenters. The third kappa shape index (κ3) is 6.14. The first-order chi connectivity index (χ1) is 30.2. The largest absolute Gasteiger partial charge is 0.456 e. The maximum Gasteiger partial charge on any atom is 0.160 e. The zero-order valence-corrected chi connectivity index (χ0v) is 33.1. The van der Waals surface area contributed by atoms with Crippen molar-refractivity contribution in [1.29, 1.82) is 0 Å². The Hall–Kier alpha value is -8.14. The van der Waals surface area contributed by atoms with Crippen LogP contribution in [0.3, 0.4) is 0 Å². The first-order valence-electron chi connectivity index (χ1n) is 20.7. The topological polar surface area (TPSA) is 38.9 Å². The summed E-state index contributed by atoms with van der Waals surface area (Å²) >= 11 is 0. The van der Waals surface area contributed by atoms with Crippen LogP contribution in [0, 0.1) is 0 Å². The lowest BCUT2D eigenvalue weighted by Crippen LogP contribution is -1.96. The van der Waals surface area contributed by atoms with Gasteiger partial charge in [-0.05, 0) is 114 Å². The fraction of sp³-hybridized carbons (Fsp3) is 0. The standard InChI is InChI=1S/C58H36N2O/c1-3-13-39(14-4-1)54-36-55(60-58(59-54)40-15-5-2-6-16-40)45-32-43(31-44(33-45)42-28-30-57-53(35-42)51-21-11-12-22-56(51)61-57)38-25-23-37(24-26-38)41-27-29-50-48-19-8-7-17-46(48)47-18-9-10-20-49(47)52(50)34-41/h1-36H. The highest BCUT2D eigenvalue weighted by molar-refractivity contribution is 6.25. The van der Waals surface area contributed by atoms with E-state index in [0.29, 0.717) is 5.82 Å². The Bertz CT molecular complexity index is 3530. The van der Waals surface area contributed by atoms with Crippen molar-refractivity contribution in [2.75, 3.05) is 0 Å². The second-order valence-corrected chi connectivity index (χ2v) is 15.7. The molecule has 12 rings (SSSR count). The van der Waals surface area contributed by atoms with Gasteiger partial charge >= 0.3 is 0 Å². The Morgan fingerprint density at radius 3 is 1.33 bits per heavy atom. The SMILES string of the molecule is c1ccc(-c2cc(-c3cc(-c4ccc(-c5ccc6c7ccccc7c7ccccc7c6c5)cc4)cc(-c4ccc5oc6ccccc6c5c4)c3)nc(-c3ccccc3)n2)cc1. The van der Waals surface area contributed by atoms with E-state index in [1.807, 2.05) is 36.4 Å². The van der Waals surface area contributed by atoms with E-state index < -0.39 is 0 Å². The van der Waals surface area contributed by atoms with Gasteiger partial charge in [0.15, 0.2) is 5.82 Å². The van der Waals surface area contributed by atoms with E-state index in [4.69, 9.17) is 14.4 Å². The van der Waals surface area contributed by atoms with Crippen molar-refractivity contribution in [3.05, 3.63) is 218 Å². The van der Waals surface area contributed by atoms with Gasteiger partial charge in [-0.2, -0.15) is 0 Å². The van der Waals surface area contributed by atoms with Gasteiger partial charge in [-0.1, -0.05) is 170 Å². The van der Waals surface area contributed by atoms with Crippen LogP contribution in [0.1, 0.15) is 0 Å². The molecule has 0 N–H and O–H groups in total. The van der Waals surface area contributed by atoms with Gasteiger partial charge in [0.25, 0.3) is 0 Å². The molecule has 0 saturated heterocycles. The molecule has 0 bridgehead atoms. The minimum atomic E-state index is 0.690. The second kappa shape index (κ2) is 14.3. The minimum absolute atomic E-state index is 0.690. The molecule has 2 aromatic heterocycles. The van der Waals surface area contributed by atoms with Gasteiger partial charge in [-0.3, -0.25) is 0 Å². The summed E-state index contributed by atoms with van der Waals surface area (Å²) < 4.78 is 6.23. The van der Waals surface area contributed by atoms with E-state index in [1.54, 1.807) is 0 Å². The van der Waals surface area contributed by atoms with E-state index in [2.05, 4.69) is 182 Å². The number of para-hydroxylation sites is 1. The van der Waals surface area contributed by atoms with Gasteiger partial charge in [0.1, 0.15) is 11.2 Å². The zero-order valence-electron chi connectivity index (χ0n) is 33.1. The van der Waals surface area contributed by atoms with Crippen LogP contribution in [-0.2, 0) is 0 Å². The third-order valence-corrected chi connectivity index (χ3v) is 12.1. The fourth-order valence-corrected chi connectivity index (χ4v) is 9.03. The smallest absolute Gasteiger partial charge is 0.160 e. The molecule has 0 spiro atoms. The summed E-state index contributed by atoms with van der Waals surface area (Å²) in [6.07, 6.45) is 0. The Balaban J connectivity index is 1.01. The molecule has 2 heterocycles. The molecule has 3 nitrogen and oxygen atoms in total. The average Bonchev–Trinajstić information content (AvgIpc) is 3.72. The third-order valence-electron chi connectivity index (χ3n) is 12.1. The number of hydrogen-bond acceptors (Lipinski definition) is 3. The number of aromatic nitrogens is 2. The summed E-state index contributed by atoms with van der Waals surface area (Å²) in [5, 5.41) is 9.88. The number of fused-ring (bicyclic) bond motifs is 9. The van der Waals surface area contributed by atoms with Crippen molar-refractivity contribution in [3.63, 3.8) is 0 Å². The normalized spacial score (nSPS) is 11.6. The van der Waals surface area contributed by atoms with Crippen LogP contribution < -0.4 is 0 Å². The van der Waals surface area contributed by atoms with Gasteiger partial charge in [0.2, 0.25) is 0 Å². The van der Waals surface area contributed by atoms with E-state index in [9.17, 15) is 0 Å². The van der Waals surface area contributed by atoms with Crippen molar-refractivity contribution >= 4 is 54.3 Å². The molecule has 0 unspecified atom stereocenters. The zero-order chi connectivity index (χ0) is 40.3. The van der Waals surface area contributed by atoms with Crippen molar-refractivity contribution in [2.24, 2.45) is 0 Å². The monoisotopic (exact) mass is 776 g/mol. The molecular weight excluding hydrogens is 741 g/mol. The minimum Gasteiger partial charge on any atom is -0.456 e. The lowest BCUT2D eigenvalue weighted by Gasteiger charge is -2.14. The van der Waals surface area contributed by atoms with Gasteiger partial charge in [-0.25, -0.2) is 9.97 Å². The highest BCUT2D eigenvalue weighted by Crippen LogP contribution is 2.40. The van der Waals surface area contributed by atoms with E-state index in [0.717, 1.165) is 72.3 Å². The second-order valence-electron chi connectivity index (χ2n) is 15.7. The molecular formula is C58H36N2O. The van der Waals surface area contributed by atoms with E-state index in [-0.39, 0.29) is 0 Å². The van der Waals surface area contributed by atoms with Crippen LogP contribution in [0.4, 0.5) is 0 Å². The first kappa shape index (κ1) is 34.9. The lowest BCUT2D eigenvalue weighted by molar-refractivity contribution is 0.669. The Labute approximate surface area is 352 Å². The number of nitrogens with zero attached hydrogens (tertiary/aromatic N) is 2. The van der Waals surface area contributed by atoms with Crippen molar-refractivity contribution in [3.8, 4) is 67.3 Å². The first-order valence-corrected chi connectivity index (χ1v) is 20.7. The van der Waals surface area contributed by atoms with Gasteiger partial charge in [0, 0.05) is 27.5 Å². The molecule has 0 radical (unpaired) electrons. The van der Waals surface area contributed by atoms with Crippen LogP contribution in [0.2, 0.25) is 0 Å². The van der Waals surface area contributed by atoms with Crippen LogP contribution in [0.25, 0.3) is 122 Å². The highest BCUT2D eigenvalue weighted by Gasteiger charge is 2.16. The predicted molar refractivity (Wildman–Crippen MR) is 254 cm³/mol. The quantitative estimate of drug-likeness (QED) is 0.158. The van der Waals surface area contributed by atoms with Crippen molar-refractivity contribution < 1.29 is 4.42 Å². The summed E-state index contributed by atoms with van der Waals surface area (Å²) in [5.41, 5.74) is 13.3. The lowest BCUT2D eigenvalue weighted by atomic mass is 9.91. The summed E-state index contributed by atoms with van der Waals surface area (Å²) in [5.74, 6) is 0.690. The van der Waals surface area contributed by atoms with Crippen LogP contribution in [0.5, 0.6) is 0 Å². The molecule has 0 saturated carbocycles. The number of rotatable bonds is 6. The molecule has 12 aromatic rings. The summed E-state index contributed by atoms with van der Waals surface area (Å²) in [6, 6.07) is 77.7. The maximum atomic E-state index is 6.23. The maximum absolute atomic E-state index is 6.23. The van der Waals surface area contributed by atoms with Crippen LogP contribution in [-0.4, -0.2) is 9.97 Å². The molecule has 10 aromatic carbocycles. The molecule has 0 fully saturated rings. The van der Waals surface area contributed by atoms with Crippen LogP contribution >= 0.6 is 0 Å². The van der Waals surface area contributed by atoms with E-state index in [1.165, 1.54) is 43.4 Å². The van der Waals surface area contributed by atoms with Gasteiger partial charge < -0.3 is 4.42 Å². The summed E-state index contributed by atoms with van der Waals surface area (Å²) in [7, 11) is 0. The van der Waals surface area contributed by atoms with Gasteiger partial charge in [0.05, 0.1) is 11.4 Å². The number of furan rings is 1. The Morgan fingerprint density at radius 1 is 0.230 bits per heavy atom. The summed E-state index contributed by atoms with van der Waals surface area (Å²) in [4.78, 5) is 10.3.